The van der Waals surface area contributed by atoms with Gasteiger partial charge in [0.25, 0.3) is 0 Å². The summed E-state index contributed by atoms with van der Waals surface area (Å²) in [6.07, 6.45) is 0.856. The van der Waals surface area contributed by atoms with Crippen LogP contribution in [0.2, 0.25) is 0 Å². The third-order valence-electron chi connectivity index (χ3n) is 4.32. The van der Waals surface area contributed by atoms with Crippen LogP contribution in [0.4, 0.5) is 0 Å². The minimum atomic E-state index is 0.510. The molecular formula is C21H18N2O3S. The quantitative estimate of drug-likeness (QED) is 0.446. The van der Waals surface area contributed by atoms with E-state index in [0.717, 1.165) is 39.6 Å². The summed E-state index contributed by atoms with van der Waals surface area (Å²) in [6, 6.07) is 15.4. The zero-order valence-electron chi connectivity index (χ0n) is 15.0. The van der Waals surface area contributed by atoms with Crippen LogP contribution in [0.15, 0.2) is 53.9 Å². The second-order valence-corrected chi connectivity index (χ2v) is 6.70. The number of aromatic nitrogens is 2. The molecule has 4 rings (SSSR count). The van der Waals surface area contributed by atoms with Crippen molar-refractivity contribution in [1.82, 2.24) is 9.38 Å². The number of carbonyl (C=O) groups excluding carboxylic acids is 1. The highest BCUT2D eigenvalue weighted by molar-refractivity contribution is 7.15. The van der Waals surface area contributed by atoms with Crippen LogP contribution in [-0.4, -0.2) is 29.4 Å². The normalized spacial score (nSPS) is 10.9. The standard InChI is InChI=1S/C21H18N2O3S/c1-3-26-19-10-5-4-9-16(19)20-17(12-24)23-18(13-27-21(23)22-20)14-7-6-8-15(11-14)25-2/h4-13H,3H2,1-2H3. The van der Waals surface area contributed by atoms with E-state index in [9.17, 15) is 4.79 Å². The number of rotatable bonds is 6. The molecule has 136 valence electrons. The van der Waals surface area contributed by atoms with Gasteiger partial charge in [-0.25, -0.2) is 4.98 Å². The van der Waals surface area contributed by atoms with Crippen molar-refractivity contribution in [2.24, 2.45) is 0 Å². The summed E-state index contributed by atoms with van der Waals surface area (Å²) in [6.45, 7) is 2.48. The Balaban J connectivity index is 1.93. The number of fused-ring (bicyclic) bond motifs is 1. The maximum absolute atomic E-state index is 12.0. The molecule has 4 aromatic rings. The fourth-order valence-electron chi connectivity index (χ4n) is 3.11. The van der Waals surface area contributed by atoms with E-state index in [2.05, 4.69) is 0 Å². The number of para-hydroxylation sites is 1. The molecule has 0 radical (unpaired) electrons. The summed E-state index contributed by atoms with van der Waals surface area (Å²) < 4.78 is 13.0. The lowest BCUT2D eigenvalue weighted by Crippen LogP contribution is -1.97. The van der Waals surface area contributed by atoms with Crippen LogP contribution < -0.4 is 9.47 Å². The third-order valence-corrected chi connectivity index (χ3v) is 5.14. The summed E-state index contributed by atoms with van der Waals surface area (Å²) in [7, 11) is 1.64. The topological polar surface area (TPSA) is 52.8 Å². The fraction of sp³-hybridized carbons (Fsp3) is 0.143. The Bertz CT molecular complexity index is 1110. The lowest BCUT2D eigenvalue weighted by Gasteiger charge is -2.09. The first kappa shape index (κ1) is 17.3. The van der Waals surface area contributed by atoms with E-state index in [1.807, 2.05) is 65.2 Å². The average molecular weight is 378 g/mol. The van der Waals surface area contributed by atoms with Gasteiger partial charge in [0.05, 0.1) is 19.4 Å². The molecule has 0 aliphatic carbocycles. The molecule has 0 aliphatic rings. The van der Waals surface area contributed by atoms with E-state index in [1.165, 1.54) is 11.3 Å². The first-order chi connectivity index (χ1) is 13.3. The number of thiazole rings is 1. The molecule has 2 heterocycles. The van der Waals surface area contributed by atoms with E-state index < -0.39 is 0 Å². The minimum absolute atomic E-state index is 0.510. The van der Waals surface area contributed by atoms with E-state index >= 15 is 0 Å². The minimum Gasteiger partial charge on any atom is -0.497 e. The molecule has 0 saturated heterocycles. The van der Waals surface area contributed by atoms with Crippen LogP contribution in [0.3, 0.4) is 0 Å². The Kier molecular flexibility index (Phi) is 4.64. The van der Waals surface area contributed by atoms with Gasteiger partial charge >= 0.3 is 0 Å². The van der Waals surface area contributed by atoms with Gasteiger partial charge in [-0.15, -0.1) is 11.3 Å². The molecule has 0 N–H and O–H groups in total. The average Bonchev–Trinajstić information content (AvgIpc) is 3.27. The molecule has 0 saturated carbocycles. The Morgan fingerprint density at radius 1 is 1.19 bits per heavy atom. The third kappa shape index (κ3) is 2.98. The van der Waals surface area contributed by atoms with Crippen molar-refractivity contribution >= 4 is 22.6 Å². The van der Waals surface area contributed by atoms with Crippen molar-refractivity contribution in [2.45, 2.75) is 6.92 Å². The van der Waals surface area contributed by atoms with Gasteiger partial charge in [-0.05, 0) is 31.2 Å². The first-order valence-electron chi connectivity index (χ1n) is 8.58. The van der Waals surface area contributed by atoms with Gasteiger partial charge in [-0.1, -0.05) is 24.3 Å². The number of aldehydes is 1. The number of nitrogens with zero attached hydrogens (tertiary/aromatic N) is 2. The van der Waals surface area contributed by atoms with Gasteiger partial charge in [0.15, 0.2) is 11.2 Å². The van der Waals surface area contributed by atoms with Crippen LogP contribution in [-0.2, 0) is 0 Å². The van der Waals surface area contributed by atoms with Gasteiger partial charge in [0, 0.05) is 16.5 Å². The summed E-state index contributed by atoms with van der Waals surface area (Å²) in [5.41, 5.74) is 3.82. The van der Waals surface area contributed by atoms with Crippen molar-refractivity contribution in [1.29, 1.82) is 0 Å². The molecule has 2 aromatic heterocycles. The molecule has 0 amide bonds. The smallest absolute Gasteiger partial charge is 0.195 e. The molecule has 27 heavy (non-hydrogen) atoms. The highest BCUT2D eigenvalue weighted by Crippen LogP contribution is 2.36. The summed E-state index contributed by atoms with van der Waals surface area (Å²) in [5, 5.41) is 2.00. The first-order valence-corrected chi connectivity index (χ1v) is 9.46. The van der Waals surface area contributed by atoms with Crippen molar-refractivity contribution in [2.75, 3.05) is 13.7 Å². The van der Waals surface area contributed by atoms with Gasteiger partial charge in [0.1, 0.15) is 22.9 Å². The van der Waals surface area contributed by atoms with Crippen LogP contribution in [0.5, 0.6) is 11.5 Å². The summed E-state index contributed by atoms with van der Waals surface area (Å²) in [5.74, 6) is 1.48. The van der Waals surface area contributed by atoms with Crippen molar-refractivity contribution < 1.29 is 14.3 Å². The van der Waals surface area contributed by atoms with E-state index in [-0.39, 0.29) is 0 Å². The molecule has 5 nitrogen and oxygen atoms in total. The fourth-order valence-corrected chi connectivity index (χ4v) is 4.02. The van der Waals surface area contributed by atoms with Crippen LogP contribution in [0.25, 0.3) is 27.5 Å². The predicted octanol–water partition coefficient (Wildman–Crippen LogP) is 4.95. The van der Waals surface area contributed by atoms with Crippen LogP contribution in [0, 0.1) is 0 Å². The lowest BCUT2D eigenvalue weighted by atomic mass is 10.1. The molecule has 0 atom stereocenters. The van der Waals surface area contributed by atoms with E-state index in [0.29, 0.717) is 18.0 Å². The Morgan fingerprint density at radius 3 is 2.81 bits per heavy atom. The van der Waals surface area contributed by atoms with Crippen molar-refractivity contribution in [3.63, 3.8) is 0 Å². The zero-order valence-corrected chi connectivity index (χ0v) is 15.8. The highest BCUT2D eigenvalue weighted by Gasteiger charge is 2.20. The van der Waals surface area contributed by atoms with E-state index in [1.54, 1.807) is 7.11 Å². The van der Waals surface area contributed by atoms with Gasteiger partial charge in [0.2, 0.25) is 0 Å². The zero-order chi connectivity index (χ0) is 18.8. The summed E-state index contributed by atoms with van der Waals surface area (Å²) in [4.78, 5) is 17.5. The number of methoxy groups -OCH3 is 1. The Morgan fingerprint density at radius 2 is 2.04 bits per heavy atom. The van der Waals surface area contributed by atoms with Crippen molar-refractivity contribution in [3.8, 4) is 34.0 Å². The predicted molar refractivity (Wildman–Crippen MR) is 107 cm³/mol. The van der Waals surface area contributed by atoms with Gasteiger partial charge in [-0.2, -0.15) is 0 Å². The molecule has 6 heteroatoms. The van der Waals surface area contributed by atoms with Crippen LogP contribution >= 0.6 is 11.3 Å². The number of carbonyl (C=O) groups is 1. The molecule has 0 spiro atoms. The van der Waals surface area contributed by atoms with Crippen molar-refractivity contribution in [3.05, 3.63) is 59.6 Å². The number of hydrogen-bond acceptors (Lipinski definition) is 5. The lowest BCUT2D eigenvalue weighted by molar-refractivity contribution is 0.111. The second-order valence-electron chi connectivity index (χ2n) is 5.86. The number of imidazole rings is 1. The SMILES string of the molecule is CCOc1ccccc1-c1nc2scc(-c3cccc(OC)c3)n2c1C=O. The molecular weight excluding hydrogens is 360 g/mol. The molecule has 0 aliphatic heterocycles. The number of benzene rings is 2. The van der Waals surface area contributed by atoms with Crippen LogP contribution in [0.1, 0.15) is 17.4 Å². The molecule has 0 bridgehead atoms. The maximum Gasteiger partial charge on any atom is 0.195 e. The van der Waals surface area contributed by atoms with Gasteiger partial charge < -0.3 is 9.47 Å². The maximum atomic E-state index is 12.0. The van der Waals surface area contributed by atoms with E-state index in [4.69, 9.17) is 14.5 Å². The number of ether oxygens (including phenoxy) is 2. The molecule has 0 fully saturated rings. The Hall–Kier alpha value is -3.12. The van der Waals surface area contributed by atoms with Gasteiger partial charge in [-0.3, -0.25) is 9.20 Å². The number of hydrogen-bond donors (Lipinski definition) is 0. The molecule has 0 unspecified atom stereocenters. The second kappa shape index (κ2) is 7.25. The monoisotopic (exact) mass is 378 g/mol. The molecule has 2 aromatic carbocycles. The largest absolute Gasteiger partial charge is 0.497 e. The Labute approximate surface area is 160 Å². The highest BCUT2D eigenvalue weighted by atomic mass is 32.1. The summed E-state index contributed by atoms with van der Waals surface area (Å²) >= 11 is 1.50.